The van der Waals surface area contributed by atoms with Crippen LogP contribution < -0.4 is 0 Å². The molecule has 0 rings (SSSR count). The fraction of sp³-hybridized carbons (Fsp3) is 0.903. The number of hydrogen-bond donors (Lipinski definition) is 3. The Hall–Kier alpha value is -1.39. The van der Waals surface area contributed by atoms with Crippen LogP contribution >= 0.6 is 0 Å². The van der Waals surface area contributed by atoms with E-state index in [-0.39, 0.29) is 18.8 Å². The number of aliphatic hydroxyl groups is 2. The third-order valence-electron chi connectivity index (χ3n) is 5.23. The molecule has 48 heavy (non-hydrogen) atoms. The van der Waals surface area contributed by atoms with Crippen LogP contribution in [0.1, 0.15) is 6.92 Å². The summed E-state index contributed by atoms with van der Waals surface area (Å²) >= 11 is 0. The van der Waals surface area contributed by atoms with Crippen LogP contribution in [0.4, 0.5) is 0 Å². The molecule has 0 radical (unpaired) electrons. The van der Waals surface area contributed by atoms with Gasteiger partial charge in [-0.3, -0.25) is 0 Å². The van der Waals surface area contributed by atoms with Crippen LogP contribution in [-0.2, 0) is 66.4 Å². The van der Waals surface area contributed by atoms with Crippen molar-refractivity contribution in [1.29, 1.82) is 0 Å². The Kier molecular flexibility index (Phi) is 44.3. The minimum atomic E-state index is -0.935. The number of ether oxygens (including phenoxy) is 13. The van der Waals surface area contributed by atoms with Gasteiger partial charge in [0, 0.05) is 12.7 Å². The third-order valence-corrected chi connectivity index (χ3v) is 5.23. The molecule has 1 atom stereocenters. The van der Waals surface area contributed by atoms with Gasteiger partial charge in [0.05, 0.1) is 165 Å². The van der Waals surface area contributed by atoms with E-state index in [1.807, 2.05) is 0 Å². The topological polar surface area (TPSA) is 198 Å². The summed E-state index contributed by atoms with van der Waals surface area (Å²) in [5.41, 5.74) is 0.176. The highest BCUT2D eigenvalue weighted by molar-refractivity contribution is 5.84. The molecule has 0 fully saturated rings. The molecular formula is C31H62O17. The number of aliphatic hydroxyl groups excluding tert-OH is 2. The zero-order chi connectivity index (χ0) is 35.6. The number of methoxy groups -OCH3 is 1. The van der Waals surface area contributed by atoms with E-state index in [9.17, 15) is 4.79 Å². The minimum absolute atomic E-state index is 0.0228. The molecule has 0 aliphatic carbocycles. The maximum absolute atomic E-state index is 9.60. The predicted octanol–water partition coefficient (Wildman–Crippen LogP) is -0.210. The van der Waals surface area contributed by atoms with Crippen LogP contribution in [-0.4, -0.2) is 200 Å². The first kappa shape index (κ1) is 48.7. The van der Waals surface area contributed by atoms with E-state index >= 15 is 0 Å². The lowest BCUT2D eigenvalue weighted by Gasteiger charge is -2.10. The Morgan fingerprint density at radius 3 is 0.833 bits per heavy atom. The van der Waals surface area contributed by atoms with Gasteiger partial charge in [-0.05, 0) is 6.92 Å². The van der Waals surface area contributed by atoms with Gasteiger partial charge in [-0.2, -0.15) is 0 Å². The minimum Gasteiger partial charge on any atom is -0.478 e. The Morgan fingerprint density at radius 2 is 0.667 bits per heavy atom. The van der Waals surface area contributed by atoms with Crippen molar-refractivity contribution in [3.8, 4) is 0 Å². The van der Waals surface area contributed by atoms with Gasteiger partial charge >= 0.3 is 5.97 Å². The first-order valence-electron chi connectivity index (χ1n) is 16.1. The van der Waals surface area contributed by atoms with Crippen molar-refractivity contribution >= 4 is 5.97 Å². The number of carboxylic acids is 1. The summed E-state index contributed by atoms with van der Waals surface area (Å²) in [6.45, 7) is 15.7. The molecule has 0 aliphatic rings. The van der Waals surface area contributed by atoms with Gasteiger partial charge in [-0.25, -0.2) is 4.79 Å². The van der Waals surface area contributed by atoms with E-state index in [0.717, 1.165) is 0 Å². The largest absolute Gasteiger partial charge is 0.478 e. The molecule has 0 spiro atoms. The molecule has 0 aliphatic heterocycles. The second-order valence-corrected chi connectivity index (χ2v) is 9.31. The van der Waals surface area contributed by atoms with Gasteiger partial charge in [0.25, 0.3) is 0 Å². The summed E-state index contributed by atoms with van der Waals surface area (Å²) in [5.74, 6) is -0.935. The monoisotopic (exact) mass is 706 g/mol. The van der Waals surface area contributed by atoms with E-state index in [4.69, 9.17) is 72.2 Å². The van der Waals surface area contributed by atoms with E-state index in [1.54, 1.807) is 0 Å². The quantitative estimate of drug-likeness (QED) is 0.0431. The van der Waals surface area contributed by atoms with Crippen molar-refractivity contribution in [3.63, 3.8) is 0 Å². The van der Waals surface area contributed by atoms with Gasteiger partial charge in [0.1, 0.15) is 0 Å². The predicted molar refractivity (Wildman–Crippen MR) is 172 cm³/mol. The molecule has 3 N–H and O–H groups in total. The average molecular weight is 707 g/mol. The number of carbonyl (C=O) groups is 1. The molecular weight excluding hydrogens is 644 g/mol. The Balaban J connectivity index is 0. The first-order chi connectivity index (χ1) is 23.5. The Bertz CT molecular complexity index is 632. The standard InChI is InChI=1S/C27H56O15.C4H6O2/c1-30-27(29)26-42-25-24-41-23-22-40-21-20-39-19-18-38-17-16-37-15-14-36-13-12-35-11-10-34-9-8-33-7-6-32-5-4-31-3-2-28;1-3(2)4(5)6/h27-29H,2-26H2,1H3;1H2,2H3,(H,5,6). The Labute approximate surface area is 285 Å². The van der Waals surface area contributed by atoms with Gasteiger partial charge in [0.2, 0.25) is 0 Å². The zero-order valence-corrected chi connectivity index (χ0v) is 29.0. The SMILES string of the molecule is C=C(C)C(=O)O.COC(O)COCCOCCOCCOCCOCCOCCOCCOCCOCCOCCOCCOCCO. The number of hydrogen-bond acceptors (Lipinski definition) is 16. The molecule has 0 saturated heterocycles. The summed E-state index contributed by atoms with van der Waals surface area (Å²) in [5, 5.41) is 25.6. The highest BCUT2D eigenvalue weighted by Crippen LogP contribution is 1.89. The fourth-order valence-electron chi connectivity index (χ4n) is 2.74. The number of carboxylic acid groups (broad SMARTS) is 1. The molecule has 0 aromatic carbocycles. The summed E-state index contributed by atoms with van der Waals surface area (Å²) in [7, 11) is 1.41. The van der Waals surface area contributed by atoms with Crippen molar-refractivity contribution in [3.05, 3.63) is 12.2 Å². The van der Waals surface area contributed by atoms with Gasteiger partial charge in [-0.1, -0.05) is 6.58 Å². The summed E-state index contributed by atoms with van der Waals surface area (Å²) < 4.78 is 69.0. The Morgan fingerprint density at radius 1 is 0.479 bits per heavy atom. The first-order valence-corrected chi connectivity index (χ1v) is 16.1. The normalized spacial score (nSPS) is 11.8. The molecule has 17 heteroatoms. The smallest absolute Gasteiger partial charge is 0.330 e. The summed E-state index contributed by atoms with van der Waals surface area (Å²) in [4.78, 5) is 9.60. The van der Waals surface area contributed by atoms with Crippen molar-refractivity contribution in [2.24, 2.45) is 0 Å². The maximum Gasteiger partial charge on any atom is 0.330 e. The van der Waals surface area contributed by atoms with E-state index in [1.165, 1.54) is 14.0 Å². The molecule has 0 aromatic rings. The van der Waals surface area contributed by atoms with Gasteiger partial charge in [-0.15, -0.1) is 0 Å². The second kappa shape index (κ2) is 43.6. The summed E-state index contributed by atoms with van der Waals surface area (Å²) in [6.07, 6.45) is -0.903. The van der Waals surface area contributed by atoms with Gasteiger partial charge < -0.3 is 76.9 Å². The highest BCUT2D eigenvalue weighted by atomic mass is 16.6. The number of rotatable bonds is 39. The highest BCUT2D eigenvalue weighted by Gasteiger charge is 2.00. The zero-order valence-electron chi connectivity index (χ0n) is 29.0. The van der Waals surface area contributed by atoms with Crippen LogP contribution in [0.2, 0.25) is 0 Å². The van der Waals surface area contributed by atoms with Crippen LogP contribution in [0.25, 0.3) is 0 Å². The van der Waals surface area contributed by atoms with Gasteiger partial charge in [0.15, 0.2) is 6.29 Å². The summed E-state index contributed by atoms with van der Waals surface area (Å²) in [6, 6.07) is 0. The van der Waals surface area contributed by atoms with Crippen molar-refractivity contribution in [2.75, 3.05) is 172 Å². The molecule has 0 amide bonds. The van der Waals surface area contributed by atoms with Crippen LogP contribution in [0.3, 0.4) is 0 Å². The van der Waals surface area contributed by atoms with E-state index < -0.39 is 12.3 Å². The average Bonchev–Trinajstić information content (AvgIpc) is 3.08. The molecule has 17 nitrogen and oxygen atoms in total. The molecule has 1 unspecified atom stereocenters. The number of aliphatic carboxylic acids is 1. The van der Waals surface area contributed by atoms with Crippen LogP contribution in [0.15, 0.2) is 12.2 Å². The lowest BCUT2D eigenvalue weighted by molar-refractivity contribution is -0.132. The maximum atomic E-state index is 9.60. The molecule has 0 aromatic heterocycles. The molecule has 0 bridgehead atoms. The van der Waals surface area contributed by atoms with Crippen molar-refractivity contribution < 1.29 is 81.7 Å². The lowest BCUT2D eigenvalue weighted by atomic mass is 10.4. The van der Waals surface area contributed by atoms with Crippen LogP contribution in [0, 0.1) is 0 Å². The fourth-order valence-corrected chi connectivity index (χ4v) is 2.74. The molecule has 0 heterocycles. The van der Waals surface area contributed by atoms with E-state index in [2.05, 4.69) is 11.3 Å². The van der Waals surface area contributed by atoms with Crippen molar-refractivity contribution in [2.45, 2.75) is 13.2 Å². The van der Waals surface area contributed by atoms with E-state index in [0.29, 0.717) is 152 Å². The van der Waals surface area contributed by atoms with Crippen molar-refractivity contribution in [1.82, 2.24) is 0 Å². The second-order valence-electron chi connectivity index (χ2n) is 9.31. The molecule has 0 saturated carbocycles. The lowest BCUT2D eigenvalue weighted by Crippen LogP contribution is -2.19. The third kappa shape index (κ3) is 46.7. The molecule has 288 valence electrons. The van der Waals surface area contributed by atoms with Crippen LogP contribution in [0.5, 0.6) is 0 Å².